The van der Waals surface area contributed by atoms with Gasteiger partial charge in [-0.2, -0.15) is 0 Å². The van der Waals surface area contributed by atoms with Crippen molar-refractivity contribution in [1.82, 2.24) is 4.72 Å². The fraction of sp³-hybridized carbons (Fsp3) is 0.556. The number of hydrogen-bond acceptors (Lipinski definition) is 7. The third-order valence-electron chi connectivity index (χ3n) is 2.95. The minimum absolute atomic E-state index is 0.0180. The first-order valence-electron chi connectivity index (χ1n) is 5.62. The van der Waals surface area contributed by atoms with E-state index < -0.39 is 14.9 Å². The highest BCUT2D eigenvalue weighted by Crippen LogP contribution is 2.37. The summed E-state index contributed by atoms with van der Waals surface area (Å²) in [6.07, 6.45) is 2.01. The van der Waals surface area contributed by atoms with Crippen molar-refractivity contribution in [2.24, 2.45) is 11.8 Å². The molecule has 1 heterocycles. The van der Waals surface area contributed by atoms with Crippen molar-refractivity contribution in [3.8, 4) is 0 Å². The van der Waals surface area contributed by atoms with Gasteiger partial charge in [-0.05, 0) is 25.7 Å². The summed E-state index contributed by atoms with van der Waals surface area (Å²) in [4.78, 5) is 10.1. The van der Waals surface area contributed by atoms with Crippen LogP contribution in [0.15, 0.2) is 10.3 Å². The van der Waals surface area contributed by atoms with Gasteiger partial charge >= 0.3 is 5.69 Å². The zero-order chi connectivity index (χ0) is 14.2. The average molecular weight is 306 g/mol. The van der Waals surface area contributed by atoms with Gasteiger partial charge in [0.1, 0.15) is 4.21 Å². The fourth-order valence-corrected chi connectivity index (χ4v) is 4.29. The molecular weight excluding hydrogens is 292 g/mol. The number of anilines is 1. The molecule has 1 saturated carbocycles. The monoisotopic (exact) mass is 306 g/mol. The molecule has 1 atom stereocenters. The summed E-state index contributed by atoms with van der Waals surface area (Å²) in [5, 5.41) is 10.8. The first-order chi connectivity index (χ1) is 8.85. The second kappa shape index (κ2) is 5.04. The van der Waals surface area contributed by atoms with E-state index in [1.165, 1.54) is 0 Å². The molecule has 0 bridgehead atoms. The molecule has 0 amide bonds. The minimum atomic E-state index is -3.74. The Morgan fingerprint density at radius 2 is 2.21 bits per heavy atom. The third kappa shape index (κ3) is 3.03. The Balaban J connectivity index is 2.26. The summed E-state index contributed by atoms with van der Waals surface area (Å²) in [5.74, 6) is 5.50. The standard InChI is InChI=1S/C9H14N4O4S2/c1-5(6-2-3-6)12-19(16,17)8-4-7(13(14)15)9(11-10)18-8/h4-6,11-12H,2-3,10H2,1H3. The van der Waals surface area contributed by atoms with Crippen molar-refractivity contribution in [3.63, 3.8) is 0 Å². The maximum Gasteiger partial charge on any atom is 0.306 e. The van der Waals surface area contributed by atoms with E-state index in [0.717, 1.165) is 30.2 Å². The van der Waals surface area contributed by atoms with Gasteiger partial charge in [-0.1, -0.05) is 11.3 Å². The molecule has 0 aromatic carbocycles. The highest BCUT2D eigenvalue weighted by molar-refractivity contribution is 7.91. The van der Waals surface area contributed by atoms with E-state index in [1.54, 1.807) is 6.92 Å². The first kappa shape index (κ1) is 14.2. The van der Waals surface area contributed by atoms with Crippen LogP contribution in [0.4, 0.5) is 10.7 Å². The number of rotatable bonds is 6. The van der Waals surface area contributed by atoms with Gasteiger partial charge in [0.2, 0.25) is 0 Å². The summed E-state index contributed by atoms with van der Waals surface area (Å²) in [6, 6.07) is 0.849. The van der Waals surface area contributed by atoms with Crippen LogP contribution >= 0.6 is 11.3 Å². The maximum absolute atomic E-state index is 12.1. The summed E-state index contributed by atoms with van der Waals surface area (Å²) in [5.41, 5.74) is 1.80. The number of nitrogen functional groups attached to an aromatic ring is 1. The van der Waals surface area contributed by atoms with E-state index in [4.69, 9.17) is 5.84 Å². The lowest BCUT2D eigenvalue weighted by Crippen LogP contribution is -2.33. The number of nitro groups is 1. The number of hydrogen-bond donors (Lipinski definition) is 3. The summed E-state index contributed by atoms with van der Waals surface area (Å²) in [7, 11) is -3.74. The molecule has 19 heavy (non-hydrogen) atoms. The largest absolute Gasteiger partial charge is 0.310 e. The lowest BCUT2D eigenvalue weighted by molar-refractivity contribution is -0.383. The zero-order valence-electron chi connectivity index (χ0n) is 10.1. The third-order valence-corrected chi connectivity index (χ3v) is 6.04. The van der Waals surface area contributed by atoms with E-state index in [1.807, 2.05) is 0 Å². The molecule has 8 nitrogen and oxygen atoms in total. The van der Waals surface area contributed by atoms with Crippen LogP contribution in [-0.4, -0.2) is 19.4 Å². The van der Waals surface area contributed by atoms with Crippen molar-refractivity contribution in [3.05, 3.63) is 16.2 Å². The van der Waals surface area contributed by atoms with Gasteiger partial charge < -0.3 is 5.43 Å². The Bertz CT molecular complexity index is 593. The summed E-state index contributed by atoms with van der Waals surface area (Å²) < 4.78 is 26.6. The van der Waals surface area contributed by atoms with E-state index >= 15 is 0 Å². The van der Waals surface area contributed by atoms with Crippen LogP contribution in [0.1, 0.15) is 19.8 Å². The van der Waals surface area contributed by atoms with Crippen LogP contribution < -0.4 is 16.0 Å². The Morgan fingerprint density at radius 3 is 2.63 bits per heavy atom. The van der Waals surface area contributed by atoms with E-state index in [0.29, 0.717) is 5.92 Å². The van der Waals surface area contributed by atoms with Crippen LogP contribution in [0.2, 0.25) is 0 Å². The molecule has 0 saturated heterocycles. The number of sulfonamides is 1. The van der Waals surface area contributed by atoms with Crippen LogP contribution in [0.5, 0.6) is 0 Å². The Labute approximate surface area is 114 Å². The molecular formula is C9H14N4O4S2. The molecule has 0 aliphatic heterocycles. The van der Waals surface area contributed by atoms with Crippen LogP contribution in [0, 0.1) is 16.0 Å². The zero-order valence-corrected chi connectivity index (χ0v) is 11.8. The fourth-order valence-electron chi connectivity index (χ4n) is 1.73. The lowest BCUT2D eigenvalue weighted by atomic mass is 10.2. The average Bonchev–Trinajstić information content (AvgIpc) is 3.06. The van der Waals surface area contributed by atoms with Gasteiger partial charge in [0.25, 0.3) is 10.0 Å². The Kier molecular flexibility index (Phi) is 3.76. The molecule has 2 rings (SSSR count). The highest BCUT2D eigenvalue weighted by Gasteiger charge is 2.33. The topological polar surface area (TPSA) is 127 Å². The summed E-state index contributed by atoms with van der Waals surface area (Å²) >= 11 is 0.741. The van der Waals surface area contributed by atoms with Gasteiger partial charge in [-0.15, -0.1) is 0 Å². The molecule has 1 aromatic heterocycles. The number of hydrazine groups is 1. The maximum atomic E-state index is 12.1. The molecule has 4 N–H and O–H groups in total. The van der Waals surface area contributed by atoms with Crippen molar-refractivity contribution in [1.29, 1.82) is 0 Å². The molecule has 0 radical (unpaired) electrons. The van der Waals surface area contributed by atoms with Gasteiger partial charge in [0, 0.05) is 12.1 Å². The number of thiophene rings is 1. The molecule has 10 heteroatoms. The van der Waals surface area contributed by atoms with E-state index in [-0.39, 0.29) is 20.9 Å². The molecule has 1 aliphatic rings. The number of nitrogens with two attached hydrogens (primary N) is 1. The second-order valence-electron chi connectivity index (χ2n) is 4.43. The second-order valence-corrected chi connectivity index (χ2v) is 7.42. The smallest absolute Gasteiger partial charge is 0.306 e. The minimum Gasteiger partial charge on any atom is -0.310 e. The van der Waals surface area contributed by atoms with E-state index in [9.17, 15) is 18.5 Å². The molecule has 1 unspecified atom stereocenters. The normalized spacial score (nSPS) is 17.2. The lowest BCUT2D eigenvalue weighted by Gasteiger charge is -2.11. The molecule has 106 valence electrons. The van der Waals surface area contributed by atoms with Gasteiger partial charge in [0.05, 0.1) is 4.92 Å². The van der Waals surface area contributed by atoms with Gasteiger partial charge in [-0.3, -0.25) is 10.1 Å². The molecule has 1 fully saturated rings. The Morgan fingerprint density at radius 1 is 1.58 bits per heavy atom. The molecule has 1 aromatic rings. The van der Waals surface area contributed by atoms with E-state index in [2.05, 4.69) is 10.1 Å². The SMILES string of the molecule is CC(NS(=O)(=O)c1cc([N+](=O)[O-])c(NN)s1)C1CC1. The first-order valence-corrected chi connectivity index (χ1v) is 7.92. The van der Waals surface area contributed by atoms with Crippen molar-refractivity contribution in [2.45, 2.75) is 30.0 Å². The highest BCUT2D eigenvalue weighted by atomic mass is 32.2. The van der Waals surface area contributed by atoms with Crippen molar-refractivity contribution < 1.29 is 13.3 Å². The number of nitrogens with one attached hydrogen (secondary N) is 2. The summed E-state index contributed by atoms with van der Waals surface area (Å²) in [6.45, 7) is 1.79. The predicted molar refractivity (Wildman–Crippen MR) is 71.3 cm³/mol. The molecule has 1 aliphatic carbocycles. The molecule has 0 spiro atoms. The number of nitrogens with zero attached hydrogens (tertiary/aromatic N) is 1. The van der Waals surface area contributed by atoms with Crippen molar-refractivity contribution >= 4 is 32.0 Å². The van der Waals surface area contributed by atoms with Crippen LogP contribution in [0.3, 0.4) is 0 Å². The quantitative estimate of drug-likeness (QED) is 0.409. The Hall–Kier alpha value is -1.23. The van der Waals surface area contributed by atoms with Gasteiger partial charge in [0.15, 0.2) is 5.00 Å². The van der Waals surface area contributed by atoms with Crippen LogP contribution in [-0.2, 0) is 10.0 Å². The van der Waals surface area contributed by atoms with Gasteiger partial charge in [-0.25, -0.2) is 19.0 Å². The van der Waals surface area contributed by atoms with Crippen molar-refractivity contribution in [2.75, 3.05) is 5.43 Å². The van der Waals surface area contributed by atoms with Crippen LogP contribution in [0.25, 0.3) is 0 Å². The predicted octanol–water partition coefficient (Wildman–Crippen LogP) is 1.02.